The number of anilines is 1. The quantitative estimate of drug-likeness (QED) is 0.435. The van der Waals surface area contributed by atoms with Gasteiger partial charge in [-0.1, -0.05) is 30.3 Å². The highest BCUT2D eigenvalue weighted by Crippen LogP contribution is 2.41. The van der Waals surface area contributed by atoms with Crippen LogP contribution in [0.2, 0.25) is 0 Å². The fourth-order valence-corrected chi connectivity index (χ4v) is 4.18. The minimum Gasteiger partial charge on any atom is -0.465 e. The lowest BCUT2D eigenvalue weighted by atomic mass is 9.97. The van der Waals surface area contributed by atoms with Gasteiger partial charge in [-0.3, -0.25) is 14.5 Å². The Labute approximate surface area is 188 Å². The first kappa shape index (κ1) is 20.7. The van der Waals surface area contributed by atoms with Crippen LogP contribution in [0.4, 0.5) is 5.82 Å². The highest BCUT2D eigenvalue weighted by atomic mass is 16.5. The lowest BCUT2D eigenvalue weighted by molar-refractivity contribution is 0.0600. The number of ether oxygens (including phenoxy) is 1. The van der Waals surface area contributed by atoms with Gasteiger partial charge >= 0.3 is 5.97 Å². The normalized spacial score (nSPS) is 15.2. The summed E-state index contributed by atoms with van der Waals surface area (Å²) >= 11 is 0. The van der Waals surface area contributed by atoms with E-state index >= 15 is 0 Å². The highest BCUT2D eigenvalue weighted by molar-refractivity contribution is 6.10. The van der Waals surface area contributed by atoms with Crippen molar-refractivity contribution in [3.05, 3.63) is 92.5 Å². The molecule has 1 unspecified atom stereocenters. The molecular formula is C25H20N2O6. The first-order valence-electron chi connectivity index (χ1n) is 10.5. The molecule has 0 aliphatic carbocycles. The van der Waals surface area contributed by atoms with Crippen LogP contribution in [0.5, 0.6) is 0 Å². The molecule has 8 nitrogen and oxygen atoms in total. The average molecular weight is 444 g/mol. The molecule has 0 radical (unpaired) electrons. The monoisotopic (exact) mass is 444 g/mol. The van der Waals surface area contributed by atoms with E-state index in [0.29, 0.717) is 27.9 Å². The molecule has 0 N–H and O–H groups in total. The summed E-state index contributed by atoms with van der Waals surface area (Å²) in [5.74, 6) is -0.210. The van der Waals surface area contributed by atoms with Crippen LogP contribution in [0.25, 0.3) is 11.0 Å². The highest BCUT2D eigenvalue weighted by Gasteiger charge is 2.44. The Morgan fingerprint density at radius 3 is 2.52 bits per heavy atom. The first-order chi connectivity index (χ1) is 15.9. The summed E-state index contributed by atoms with van der Waals surface area (Å²) in [5, 5.41) is 4.42. The molecule has 0 spiro atoms. The van der Waals surface area contributed by atoms with Gasteiger partial charge in [-0.15, -0.1) is 0 Å². The predicted molar refractivity (Wildman–Crippen MR) is 120 cm³/mol. The van der Waals surface area contributed by atoms with Gasteiger partial charge < -0.3 is 13.7 Å². The second-order valence-electron chi connectivity index (χ2n) is 7.85. The van der Waals surface area contributed by atoms with Crippen LogP contribution in [0.3, 0.4) is 0 Å². The van der Waals surface area contributed by atoms with Crippen LogP contribution < -0.4 is 10.3 Å². The minimum absolute atomic E-state index is 0.0283. The number of rotatable bonds is 4. The molecule has 0 fully saturated rings. The SMILES string of the molecule is CCc1ccc2oc3c(c(=O)c2c1)C(c1ccc(C(=O)OC)cc1)N(c1cc(C)on1)C3=O. The Morgan fingerprint density at radius 1 is 1.12 bits per heavy atom. The molecule has 1 aliphatic heterocycles. The van der Waals surface area contributed by atoms with Gasteiger partial charge in [0, 0.05) is 6.07 Å². The molecule has 1 atom stereocenters. The van der Waals surface area contributed by atoms with Crippen molar-refractivity contribution in [1.29, 1.82) is 0 Å². The molecule has 3 heterocycles. The molecule has 166 valence electrons. The Bertz CT molecular complexity index is 1460. The smallest absolute Gasteiger partial charge is 0.337 e. The second-order valence-corrected chi connectivity index (χ2v) is 7.85. The molecule has 0 bridgehead atoms. The van der Waals surface area contributed by atoms with E-state index in [1.54, 1.807) is 49.4 Å². The molecular weight excluding hydrogens is 424 g/mol. The van der Waals surface area contributed by atoms with E-state index < -0.39 is 17.9 Å². The van der Waals surface area contributed by atoms with Crippen LogP contribution in [0.15, 0.2) is 62.3 Å². The fourth-order valence-electron chi connectivity index (χ4n) is 4.18. The van der Waals surface area contributed by atoms with Crippen molar-refractivity contribution in [3.63, 3.8) is 0 Å². The van der Waals surface area contributed by atoms with Crippen molar-refractivity contribution in [2.24, 2.45) is 0 Å². The van der Waals surface area contributed by atoms with E-state index in [1.807, 2.05) is 13.0 Å². The van der Waals surface area contributed by atoms with Crippen molar-refractivity contribution in [2.45, 2.75) is 26.3 Å². The topological polar surface area (TPSA) is 103 Å². The van der Waals surface area contributed by atoms with Gasteiger partial charge in [-0.05, 0) is 48.7 Å². The molecule has 2 aromatic heterocycles. The zero-order chi connectivity index (χ0) is 23.3. The van der Waals surface area contributed by atoms with Gasteiger partial charge in [0.1, 0.15) is 11.3 Å². The third kappa shape index (κ3) is 3.22. The number of amides is 1. The second kappa shape index (κ2) is 7.74. The molecule has 4 aromatic rings. The minimum atomic E-state index is -0.797. The first-order valence-corrected chi connectivity index (χ1v) is 10.5. The fraction of sp³-hybridized carbons (Fsp3) is 0.200. The number of esters is 1. The van der Waals surface area contributed by atoms with Crippen LogP contribution in [0.1, 0.15) is 56.3 Å². The van der Waals surface area contributed by atoms with E-state index in [9.17, 15) is 14.4 Å². The number of aryl methyl sites for hydroxylation is 2. The Morgan fingerprint density at radius 2 is 1.88 bits per heavy atom. The van der Waals surface area contributed by atoms with Crippen molar-refractivity contribution < 1.29 is 23.3 Å². The zero-order valence-electron chi connectivity index (χ0n) is 18.2. The van der Waals surface area contributed by atoms with Crippen LogP contribution in [-0.4, -0.2) is 24.1 Å². The van der Waals surface area contributed by atoms with Gasteiger partial charge in [-0.25, -0.2) is 4.79 Å². The largest absolute Gasteiger partial charge is 0.465 e. The van der Waals surface area contributed by atoms with Crippen molar-refractivity contribution in [1.82, 2.24) is 5.16 Å². The maximum atomic E-state index is 13.7. The summed E-state index contributed by atoms with van der Waals surface area (Å²) in [6.07, 6.45) is 0.758. The van der Waals surface area contributed by atoms with Gasteiger partial charge in [-0.2, -0.15) is 0 Å². The molecule has 5 rings (SSSR count). The van der Waals surface area contributed by atoms with Crippen LogP contribution in [-0.2, 0) is 11.2 Å². The van der Waals surface area contributed by atoms with E-state index in [-0.39, 0.29) is 22.6 Å². The van der Waals surface area contributed by atoms with Gasteiger partial charge in [0.15, 0.2) is 11.2 Å². The number of carbonyl (C=O) groups excluding carboxylic acids is 2. The number of methoxy groups -OCH3 is 1. The number of nitrogens with zero attached hydrogens (tertiary/aromatic N) is 2. The van der Waals surface area contributed by atoms with Crippen LogP contribution >= 0.6 is 0 Å². The van der Waals surface area contributed by atoms with E-state index in [2.05, 4.69) is 5.16 Å². The maximum Gasteiger partial charge on any atom is 0.337 e. The third-order valence-corrected chi connectivity index (χ3v) is 5.85. The Balaban J connectivity index is 1.75. The number of benzene rings is 2. The van der Waals surface area contributed by atoms with Gasteiger partial charge in [0.05, 0.1) is 29.7 Å². The van der Waals surface area contributed by atoms with Gasteiger partial charge in [0.2, 0.25) is 5.76 Å². The van der Waals surface area contributed by atoms with Crippen LogP contribution in [0, 0.1) is 6.92 Å². The average Bonchev–Trinajstić information content (AvgIpc) is 3.39. The van der Waals surface area contributed by atoms with Crippen molar-refractivity contribution >= 4 is 28.7 Å². The van der Waals surface area contributed by atoms with E-state index in [1.165, 1.54) is 12.0 Å². The molecule has 1 aliphatic rings. The van der Waals surface area contributed by atoms with Crippen molar-refractivity contribution in [2.75, 3.05) is 12.0 Å². The number of hydrogen-bond acceptors (Lipinski definition) is 7. The summed E-state index contributed by atoms with van der Waals surface area (Å²) in [5.41, 5.74) is 2.26. The standard InChI is InChI=1S/C25H20N2O6/c1-4-14-5-10-18-17(12-14)22(28)20-21(15-6-8-16(9-7-15)25(30)31-3)27(24(29)23(20)32-18)19-11-13(2)33-26-19/h5-12,21H,4H2,1-3H3. The van der Waals surface area contributed by atoms with Gasteiger partial charge in [0.25, 0.3) is 5.91 Å². The molecule has 8 heteroatoms. The molecule has 1 amide bonds. The Kier molecular flexibility index (Phi) is 4.85. The molecule has 0 saturated carbocycles. The molecule has 0 saturated heterocycles. The summed E-state index contributed by atoms with van der Waals surface area (Å²) < 4.78 is 15.9. The van der Waals surface area contributed by atoms with E-state index in [0.717, 1.165) is 12.0 Å². The Hall–Kier alpha value is -4.20. The summed E-state index contributed by atoms with van der Waals surface area (Å²) in [6.45, 7) is 3.72. The molecule has 33 heavy (non-hydrogen) atoms. The molecule has 2 aromatic carbocycles. The lowest BCUT2D eigenvalue weighted by Crippen LogP contribution is -2.29. The predicted octanol–water partition coefficient (Wildman–Crippen LogP) is 4.19. The number of carbonyl (C=O) groups is 2. The zero-order valence-corrected chi connectivity index (χ0v) is 18.2. The summed E-state index contributed by atoms with van der Waals surface area (Å²) in [6, 6.07) is 12.8. The number of fused-ring (bicyclic) bond motifs is 2. The number of hydrogen-bond donors (Lipinski definition) is 0. The van der Waals surface area contributed by atoms with E-state index in [4.69, 9.17) is 13.7 Å². The maximum absolute atomic E-state index is 13.7. The number of aromatic nitrogens is 1. The third-order valence-electron chi connectivity index (χ3n) is 5.85. The summed E-state index contributed by atoms with van der Waals surface area (Å²) in [7, 11) is 1.30. The lowest BCUT2D eigenvalue weighted by Gasteiger charge is -2.22. The summed E-state index contributed by atoms with van der Waals surface area (Å²) in [4.78, 5) is 40.4. The van der Waals surface area contributed by atoms with Crippen molar-refractivity contribution in [3.8, 4) is 0 Å².